The summed E-state index contributed by atoms with van der Waals surface area (Å²) in [6.45, 7) is 6.30. The van der Waals surface area contributed by atoms with Crippen LogP contribution in [0.15, 0.2) is 66.7 Å². The predicted octanol–water partition coefficient (Wildman–Crippen LogP) is 4.40. The largest absolute Gasteiger partial charge is 0.287 e. The zero-order valence-electron chi connectivity index (χ0n) is 13.7. The Morgan fingerprint density at radius 3 is 2.04 bits per heavy atom. The Morgan fingerprint density at radius 2 is 1.48 bits per heavy atom. The van der Waals surface area contributed by atoms with Crippen LogP contribution in [0.2, 0.25) is 0 Å². The highest BCUT2D eigenvalue weighted by atomic mass is 16.1. The van der Waals surface area contributed by atoms with Crippen LogP contribution >= 0.6 is 0 Å². The molecule has 3 aromatic rings. The van der Waals surface area contributed by atoms with Gasteiger partial charge in [0.2, 0.25) is 5.78 Å². The summed E-state index contributed by atoms with van der Waals surface area (Å²) in [4.78, 5) is 12.9. The van der Waals surface area contributed by atoms with Crippen molar-refractivity contribution in [2.75, 3.05) is 0 Å². The molecule has 0 bridgehead atoms. The minimum absolute atomic E-state index is 0.0162. The molecule has 0 aliphatic carbocycles. The van der Waals surface area contributed by atoms with Gasteiger partial charge in [0.1, 0.15) is 5.69 Å². The van der Waals surface area contributed by atoms with Gasteiger partial charge in [-0.2, -0.15) is 5.10 Å². The molecule has 23 heavy (non-hydrogen) atoms. The molecule has 0 spiro atoms. The molecule has 3 rings (SSSR count). The van der Waals surface area contributed by atoms with Crippen molar-refractivity contribution in [3.05, 3.63) is 83.7 Å². The van der Waals surface area contributed by atoms with E-state index in [2.05, 4.69) is 20.8 Å². The smallest absolute Gasteiger partial charge is 0.211 e. The zero-order chi connectivity index (χ0) is 16.4. The van der Waals surface area contributed by atoms with E-state index in [9.17, 15) is 4.79 Å². The topological polar surface area (TPSA) is 34.9 Å². The van der Waals surface area contributed by atoms with Crippen LogP contribution in [0.5, 0.6) is 0 Å². The molecule has 1 heterocycles. The van der Waals surface area contributed by atoms with E-state index in [0.717, 1.165) is 11.4 Å². The van der Waals surface area contributed by atoms with Crippen molar-refractivity contribution in [3.63, 3.8) is 0 Å². The van der Waals surface area contributed by atoms with E-state index >= 15 is 0 Å². The van der Waals surface area contributed by atoms with Crippen LogP contribution < -0.4 is 0 Å². The summed E-state index contributed by atoms with van der Waals surface area (Å²) in [5.41, 5.74) is 2.94. The maximum absolute atomic E-state index is 12.9. The van der Waals surface area contributed by atoms with E-state index < -0.39 is 0 Å². The van der Waals surface area contributed by atoms with E-state index in [1.165, 1.54) is 0 Å². The number of aromatic nitrogens is 2. The first kappa shape index (κ1) is 15.2. The van der Waals surface area contributed by atoms with Crippen LogP contribution in [0.4, 0.5) is 0 Å². The van der Waals surface area contributed by atoms with Gasteiger partial charge in [0, 0.05) is 11.0 Å². The molecule has 3 heteroatoms. The molecule has 0 saturated carbocycles. The molecule has 0 fully saturated rings. The summed E-state index contributed by atoms with van der Waals surface area (Å²) in [5.74, 6) is -0.0162. The number of hydrogen-bond acceptors (Lipinski definition) is 2. The van der Waals surface area contributed by atoms with Gasteiger partial charge < -0.3 is 0 Å². The third kappa shape index (κ3) is 3.09. The van der Waals surface area contributed by atoms with Crippen LogP contribution in [0, 0.1) is 0 Å². The molecule has 0 aliphatic heterocycles. The first-order chi connectivity index (χ1) is 11.0. The van der Waals surface area contributed by atoms with E-state index in [1.807, 2.05) is 66.7 Å². The lowest BCUT2D eigenvalue weighted by Gasteiger charge is -2.14. The average molecular weight is 304 g/mol. The highest BCUT2D eigenvalue weighted by molar-refractivity contribution is 6.08. The standard InChI is InChI=1S/C20H20N2O/c1-20(2,3)18-14-17(19(23)15-10-6-4-7-11-15)22(21-18)16-12-8-5-9-13-16/h4-14H,1-3H3. The zero-order valence-corrected chi connectivity index (χ0v) is 13.7. The summed E-state index contributed by atoms with van der Waals surface area (Å²) < 4.78 is 1.75. The van der Waals surface area contributed by atoms with Gasteiger partial charge in [-0.25, -0.2) is 4.68 Å². The highest BCUT2D eigenvalue weighted by Crippen LogP contribution is 2.25. The molecule has 1 aromatic heterocycles. The average Bonchev–Trinajstić information content (AvgIpc) is 3.01. The fourth-order valence-corrected chi connectivity index (χ4v) is 2.41. The molecule has 116 valence electrons. The van der Waals surface area contributed by atoms with Crippen molar-refractivity contribution in [2.24, 2.45) is 0 Å². The first-order valence-electron chi connectivity index (χ1n) is 7.72. The second-order valence-corrected chi connectivity index (χ2v) is 6.61. The number of carbonyl (C=O) groups is 1. The molecule has 2 aromatic carbocycles. The van der Waals surface area contributed by atoms with Crippen molar-refractivity contribution in [3.8, 4) is 5.69 Å². The van der Waals surface area contributed by atoms with Crippen LogP contribution in [-0.4, -0.2) is 15.6 Å². The summed E-state index contributed by atoms with van der Waals surface area (Å²) >= 11 is 0. The van der Waals surface area contributed by atoms with Gasteiger partial charge >= 0.3 is 0 Å². The lowest BCUT2D eigenvalue weighted by atomic mass is 9.92. The van der Waals surface area contributed by atoms with E-state index in [-0.39, 0.29) is 11.2 Å². The molecule has 0 atom stereocenters. The molecule has 0 N–H and O–H groups in total. The van der Waals surface area contributed by atoms with Crippen LogP contribution in [0.1, 0.15) is 42.5 Å². The Labute approximate surface area is 136 Å². The minimum atomic E-state index is -0.119. The van der Waals surface area contributed by atoms with Gasteiger partial charge in [0.05, 0.1) is 11.4 Å². The predicted molar refractivity (Wildman–Crippen MR) is 92.1 cm³/mol. The third-order valence-electron chi connectivity index (χ3n) is 3.75. The van der Waals surface area contributed by atoms with Crippen molar-refractivity contribution in [1.29, 1.82) is 0 Å². The quantitative estimate of drug-likeness (QED) is 0.672. The fourth-order valence-electron chi connectivity index (χ4n) is 2.41. The Morgan fingerprint density at radius 1 is 0.913 bits per heavy atom. The summed E-state index contributed by atoms with van der Waals surface area (Å²) in [6, 6.07) is 21.0. The van der Waals surface area contributed by atoms with Gasteiger partial charge in [-0.1, -0.05) is 69.3 Å². The molecule has 0 aliphatic rings. The monoisotopic (exact) mass is 304 g/mol. The van der Waals surface area contributed by atoms with Crippen LogP contribution in [0.25, 0.3) is 5.69 Å². The lowest BCUT2D eigenvalue weighted by Crippen LogP contribution is -2.13. The minimum Gasteiger partial charge on any atom is -0.287 e. The SMILES string of the molecule is CC(C)(C)c1cc(C(=O)c2ccccc2)n(-c2ccccc2)n1. The third-order valence-corrected chi connectivity index (χ3v) is 3.75. The molecule has 0 unspecified atom stereocenters. The van der Waals surface area contributed by atoms with Gasteiger partial charge in [-0.05, 0) is 18.2 Å². The second kappa shape index (κ2) is 5.84. The van der Waals surface area contributed by atoms with E-state index in [4.69, 9.17) is 5.10 Å². The van der Waals surface area contributed by atoms with Crippen molar-refractivity contribution < 1.29 is 4.79 Å². The maximum atomic E-state index is 12.9. The lowest BCUT2D eigenvalue weighted by molar-refractivity contribution is 0.103. The number of nitrogens with zero attached hydrogens (tertiary/aromatic N) is 2. The Kier molecular flexibility index (Phi) is 3.87. The van der Waals surface area contributed by atoms with Crippen LogP contribution in [0.3, 0.4) is 0 Å². The summed E-state index contributed by atoms with van der Waals surface area (Å²) in [7, 11) is 0. The van der Waals surface area contributed by atoms with Crippen molar-refractivity contribution >= 4 is 5.78 Å². The first-order valence-corrected chi connectivity index (χ1v) is 7.72. The fraction of sp³-hybridized carbons (Fsp3) is 0.200. The Bertz CT molecular complexity index is 812. The van der Waals surface area contributed by atoms with Crippen molar-refractivity contribution in [2.45, 2.75) is 26.2 Å². The number of benzene rings is 2. The van der Waals surface area contributed by atoms with Gasteiger partial charge in [-0.15, -0.1) is 0 Å². The molecule has 3 nitrogen and oxygen atoms in total. The van der Waals surface area contributed by atoms with Gasteiger partial charge in [0.15, 0.2) is 0 Å². The molecule has 0 saturated heterocycles. The number of carbonyl (C=O) groups excluding carboxylic acids is 1. The van der Waals surface area contributed by atoms with Gasteiger partial charge in [0.25, 0.3) is 0 Å². The van der Waals surface area contributed by atoms with Crippen molar-refractivity contribution in [1.82, 2.24) is 9.78 Å². The van der Waals surface area contributed by atoms with Crippen LogP contribution in [-0.2, 0) is 5.41 Å². The normalized spacial score (nSPS) is 11.4. The number of rotatable bonds is 3. The maximum Gasteiger partial charge on any atom is 0.211 e. The summed E-state index contributed by atoms with van der Waals surface area (Å²) in [5, 5.41) is 4.69. The van der Waals surface area contributed by atoms with Gasteiger partial charge in [-0.3, -0.25) is 4.79 Å². The number of hydrogen-bond donors (Lipinski definition) is 0. The molecular weight excluding hydrogens is 284 g/mol. The second-order valence-electron chi connectivity index (χ2n) is 6.61. The Hall–Kier alpha value is -2.68. The van der Waals surface area contributed by atoms with E-state index in [1.54, 1.807) is 4.68 Å². The summed E-state index contributed by atoms with van der Waals surface area (Å²) in [6.07, 6.45) is 0. The Balaban J connectivity index is 2.15. The molecular formula is C20H20N2O. The molecule has 0 radical (unpaired) electrons. The molecule has 0 amide bonds. The van der Waals surface area contributed by atoms with E-state index in [0.29, 0.717) is 11.3 Å². The highest BCUT2D eigenvalue weighted by Gasteiger charge is 2.24. The number of ketones is 1. The number of para-hydroxylation sites is 1.